The maximum absolute atomic E-state index is 12.3. The van der Waals surface area contributed by atoms with Gasteiger partial charge in [-0.3, -0.25) is 9.89 Å². The molecule has 25 heavy (non-hydrogen) atoms. The van der Waals surface area contributed by atoms with Crippen LogP contribution in [0, 0.1) is 17.8 Å². The van der Waals surface area contributed by atoms with Gasteiger partial charge >= 0.3 is 0 Å². The van der Waals surface area contributed by atoms with Crippen LogP contribution in [0.15, 0.2) is 18.3 Å². The van der Waals surface area contributed by atoms with E-state index in [1.54, 1.807) is 6.20 Å². The number of carbonyl (C=O) groups is 1. The van der Waals surface area contributed by atoms with Crippen molar-refractivity contribution in [2.24, 2.45) is 17.8 Å². The molecular weight excluding hydrogens is 342 g/mol. The number of hydrogen-bond acceptors (Lipinski definition) is 4. The number of H-pyrrole nitrogens is 1. The van der Waals surface area contributed by atoms with Crippen LogP contribution < -0.4 is 5.32 Å². The number of aromatic nitrogens is 2. The number of fused-ring (bicyclic) bond motifs is 2. The van der Waals surface area contributed by atoms with Crippen molar-refractivity contribution in [1.82, 2.24) is 15.5 Å². The number of rotatable bonds is 3. The van der Waals surface area contributed by atoms with Crippen molar-refractivity contribution in [3.63, 3.8) is 0 Å². The van der Waals surface area contributed by atoms with Crippen molar-refractivity contribution < 1.29 is 14.6 Å². The van der Waals surface area contributed by atoms with Crippen LogP contribution >= 0.6 is 11.6 Å². The number of halogens is 1. The molecule has 2 heterocycles. The van der Waals surface area contributed by atoms with Crippen LogP contribution in [0.25, 0.3) is 10.9 Å². The van der Waals surface area contributed by atoms with Gasteiger partial charge in [-0.1, -0.05) is 11.6 Å². The SMILES string of the molecule is O=C(NC1[C@H]2CC(O)(c3cc(Cl)cc4[nH]ncc34)C[C@@H]12)C1CCOC1. The molecule has 6 nitrogen and oxygen atoms in total. The Balaban J connectivity index is 1.32. The van der Waals surface area contributed by atoms with Crippen LogP contribution in [0.4, 0.5) is 0 Å². The van der Waals surface area contributed by atoms with Gasteiger partial charge in [-0.25, -0.2) is 0 Å². The Bertz CT molecular complexity index is 833. The second-order valence-electron chi connectivity index (χ2n) is 7.65. The standard InChI is InChI=1S/C18H20ClN3O3/c19-10-3-14(13-7-20-22-15(13)4-10)18(24)5-11-12(6-18)16(11)21-17(23)9-1-2-25-8-9/h3-4,7,9,11-12,16,24H,1-2,5-6,8H2,(H,20,22)(H,21,23)/t9?,11-,12+,16?,18?. The zero-order valence-corrected chi connectivity index (χ0v) is 14.4. The Kier molecular flexibility index (Phi) is 3.39. The summed E-state index contributed by atoms with van der Waals surface area (Å²) in [5, 5.41) is 22.9. The minimum Gasteiger partial charge on any atom is -0.385 e. The third-order valence-electron chi connectivity index (χ3n) is 6.11. The molecule has 7 heteroatoms. The van der Waals surface area contributed by atoms with E-state index < -0.39 is 5.60 Å². The smallest absolute Gasteiger partial charge is 0.225 e. The van der Waals surface area contributed by atoms with Crippen molar-refractivity contribution in [2.75, 3.05) is 13.2 Å². The van der Waals surface area contributed by atoms with E-state index in [2.05, 4.69) is 15.5 Å². The van der Waals surface area contributed by atoms with Gasteiger partial charge in [-0.05, 0) is 48.8 Å². The summed E-state index contributed by atoms with van der Waals surface area (Å²) >= 11 is 6.21. The lowest BCUT2D eigenvalue weighted by atomic mass is 9.86. The molecule has 1 amide bonds. The van der Waals surface area contributed by atoms with E-state index in [0.717, 1.165) is 22.9 Å². The number of aliphatic hydroxyl groups is 1. The minimum absolute atomic E-state index is 0.0151. The van der Waals surface area contributed by atoms with Crippen LogP contribution in [0.1, 0.15) is 24.8 Å². The van der Waals surface area contributed by atoms with Crippen LogP contribution in [-0.4, -0.2) is 40.5 Å². The number of hydrogen-bond donors (Lipinski definition) is 3. The Morgan fingerprint density at radius 2 is 2.20 bits per heavy atom. The normalized spacial score (nSPS) is 36.6. The van der Waals surface area contributed by atoms with Crippen LogP contribution in [0.5, 0.6) is 0 Å². The second kappa shape index (κ2) is 5.43. The monoisotopic (exact) mass is 361 g/mol. The average Bonchev–Trinajstić information content (AvgIpc) is 3.12. The highest BCUT2D eigenvalue weighted by atomic mass is 35.5. The molecule has 3 N–H and O–H groups in total. The van der Waals surface area contributed by atoms with Crippen molar-refractivity contribution in [3.05, 3.63) is 28.9 Å². The van der Waals surface area contributed by atoms with Crippen molar-refractivity contribution in [2.45, 2.75) is 30.9 Å². The summed E-state index contributed by atoms with van der Waals surface area (Å²) in [6, 6.07) is 3.85. The number of ether oxygens (including phenoxy) is 1. The molecule has 1 aromatic carbocycles. The maximum Gasteiger partial charge on any atom is 0.225 e. The predicted molar refractivity (Wildman–Crippen MR) is 92.1 cm³/mol. The number of amides is 1. The molecule has 2 saturated carbocycles. The number of carbonyl (C=O) groups excluding carboxylic acids is 1. The largest absolute Gasteiger partial charge is 0.385 e. The molecule has 2 aromatic rings. The summed E-state index contributed by atoms with van der Waals surface area (Å²) in [4.78, 5) is 12.3. The van der Waals surface area contributed by atoms with Crippen LogP contribution in [0.3, 0.4) is 0 Å². The van der Waals surface area contributed by atoms with E-state index in [0.29, 0.717) is 42.9 Å². The number of aromatic amines is 1. The molecule has 0 bridgehead atoms. The van der Waals surface area contributed by atoms with E-state index in [-0.39, 0.29) is 17.9 Å². The summed E-state index contributed by atoms with van der Waals surface area (Å²) in [5.74, 6) is 0.744. The average molecular weight is 362 g/mol. The molecule has 0 radical (unpaired) electrons. The zero-order valence-electron chi connectivity index (χ0n) is 13.7. The molecule has 2 aliphatic carbocycles. The highest BCUT2D eigenvalue weighted by Crippen LogP contribution is 2.60. The van der Waals surface area contributed by atoms with Crippen molar-refractivity contribution >= 4 is 28.4 Å². The molecule has 5 rings (SSSR count). The Labute approximate surface area is 149 Å². The van der Waals surface area contributed by atoms with E-state index >= 15 is 0 Å². The van der Waals surface area contributed by atoms with Gasteiger partial charge in [0.25, 0.3) is 0 Å². The fourth-order valence-electron chi connectivity index (χ4n) is 4.72. The fraction of sp³-hybridized carbons (Fsp3) is 0.556. The van der Waals surface area contributed by atoms with Gasteiger partial charge in [0.1, 0.15) is 0 Å². The molecule has 3 unspecified atom stereocenters. The molecule has 132 valence electrons. The van der Waals surface area contributed by atoms with Gasteiger partial charge in [0.05, 0.1) is 29.8 Å². The first-order valence-electron chi connectivity index (χ1n) is 8.79. The fourth-order valence-corrected chi connectivity index (χ4v) is 4.94. The van der Waals surface area contributed by atoms with Gasteiger partial charge in [0.2, 0.25) is 5.91 Å². The molecule has 1 saturated heterocycles. The minimum atomic E-state index is -0.903. The second-order valence-corrected chi connectivity index (χ2v) is 8.08. The molecule has 5 atom stereocenters. The first kappa shape index (κ1) is 15.6. The summed E-state index contributed by atoms with van der Waals surface area (Å²) in [6.07, 6.45) is 3.83. The summed E-state index contributed by atoms with van der Waals surface area (Å²) in [6.45, 7) is 1.20. The zero-order chi connectivity index (χ0) is 17.2. The van der Waals surface area contributed by atoms with Crippen LogP contribution in [0.2, 0.25) is 5.02 Å². The molecule has 0 spiro atoms. The topological polar surface area (TPSA) is 87.2 Å². The molecule has 3 fully saturated rings. The molecule has 3 aliphatic rings. The third-order valence-corrected chi connectivity index (χ3v) is 6.33. The van der Waals surface area contributed by atoms with Gasteiger partial charge in [0, 0.05) is 23.1 Å². The maximum atomic E-state index is 12.3. The van der Waals surface area contributed by atoms with Crippen LogP contribution in [-0.2, 0) is 15.1 Å². The predicted octanol–water partition coefficient (Wildman–Crippen LogP) is 1.96. The molecule has 1 aromatic heterocycles. The number of benzene rings is 1. The van der Waals surface area contributed by atoms with E-state index in [1.807, 2.05) is 12.1 Å². The Morgan fingerprint density at radius 3 is 2.92 bits per heavy atom. The van der Waals surface area contributed by atoms with E-state index in [9.17, 15) is 9.90 Å². The summed E-state index contributed by atoms with van der Waals surface area (Å²) < 4.78 is 5.29. The lowest BCUT2D eigenvalue weighted by Gasteiger charge is -2.27. The van der Waals surface area contributed by atoms with Gasteiger partial charge < -0.3 is 15.2 Å². The molecular formula is C18H20ClN3O3. The van der Waals surface area contributed by atoms with E-state index in [1.165, 1.54) is 0 Å². The lowest BCUT2D eigenvalue weighted by molar-refractivity contribution is -0.125. The highest BCUT2D eigenvalue weighted by molar-refractivity contribution is 6.31. The van der Waals surface area contributed by atoms with Crippen molar-refractivity contribution in [3.8, 4) is 0 Å². The number of nitrogens with zero attached hydrogens (tertiary/aromatic N) is 1. The third kappa shape index (κ3) is 2.46. The first-order chi connectivity index (χ1) is 12.0. The first-order valence-corrected chi connectivity index (χ1v) is 9.16. The van der Waals surface area contributed by atoms with Gasteiger partial charge in [-0.2, -0.15) is 5.10 Å². The number of nitrogens with one attached hydrogen (secondary N) is 2. The van der Waals surface area contributed by atoms with E-state index in [4.69, 9.17) is 16.3 Å². The molecule has 1 aliphatic heterocycles. The highest BCUT2D eigenvalue weighted by Gasteiger charge is 2.62. The lowest BCUT2D eigenvalue weighted by Crippen LogP contribution is -2.37. The Morgan fingerprint density at radius 1 is 1.40 bits per heavy atom. The van der Waals surface area contributed by atoms with Gasteiger partial charge in [0.15, 0.2) is 0 Å². The summed E-state index contributed by atoms with van der Waals surface area (Å²) in [5.41, 5.74) is 0.771. The quantitative estimate of drug-likeness (QED) is 0.780. The van der Waals surface area contributed by atoms with Crippen molar-refractivity contribution in [1.29, 1.82) is 0 Å². The van der Waals surface area contributed by atoms with Gasteiger partial charge in [-0.15, -0.1) is 0 Å². The summed E-state index contributed by atoms with van der Waals surface area (Å²) in [7, 11) is 0. The Hall–Kier alpha value is -1.63.